The predicted molar refractivity (Wildman–Crippen MR) is 105 cm³/mol. The van der Waals surface area contributed by atoms with Crippen molar-refractivity contribution in [2.24, 2.45) is 4.99 Å². The van der Waals surface area contributed by atoms with Gasteiger partial charge in [-0.05, 0) is 51.1 Å². The van der Waals surface area contributed by atoms with E-state index in [1.807, 2.05) is 42.6 Å². The number of thioether (sulfide) groups is 1. The van der Waals surface area contributed by atoms with Gasteiger partial charge >= 0.3 is 0 Å². The fraction of sp³-hybridized carbons (Fsp3) is 0.474. The van der Waals surface area contributed by atoms with E-state index in [1.165, 1.54) is 5.56 Å². The number of nitrogens with zero attached hydrogens (tertiary/aromatic N) is 3. The van der Waals surface area contributed by atoms with Gasteiger partial charge in [0.25, 0.3) is 0 Å². The second kappa shape index (κ2) is 8.54. The zero-order valence-electron chi connectivity index (χ0n) is 14.9. The second-order valence-electron chi connectivity index (χ2n) is 6.81. The molecule has 1 aromatic heterocycles. The molecule has 25 heavy (non-hydrogen) atoms. The van der Waals surface area contributed by atoms with Crippen LogP contribution in [0.15, 0.2) is 48.0 Å². The lowest BCUT2D eigenvalue weighted by Crippen LogP contribution is -2.45. The first-order valence-corrected chi connectivity index (χ1v) is 9.72. The highest BCUT2D eigenvalue weighted by Crippen LogP contribution is 2.21. The van der Waals surface area contributed by atoms with Gasteiger partial charge < -0.3 is 14.6 Å². The van der Waals surface area contributed by atoms with Gasteiger partial charge in [0.05, 0.1) is 11.4 Å². The van der Waals surface area contributed by atoms with Crippen molar-refractivity contribution in [3.63, 3.8) is 0 Å². The van der Waals surface area contributed by atoms with E-state index >= 15 is 0 Å². The Morgan fingerprint density at radius 1 is 1.28 bits per heavy atom. The van der Waals surface area contributed by atoms with Gasteiger partial charge in [-0.1, -0.05) is 0 Å². The number of imidazole rings is 1. The van der Waals surface area contributed by atoms with E-state index in [-0.39, 0.29) is 5.54 Å². The maximum Gasteiger partial charge on any atom is 0.119 e. The van der Waals surface area contributed by atoms with E-state index in [1.54, 1.807) is 0 Å². The summed E-state index contributed by atoms with van der Waals surface area (Å²) >= 11 is 1.82. The molecule has 1 aliphatic heterocycles. The number of aliphatic imine (C=N–C) groups is 1. The summed E-state index contributed by atoms with van der Waals surface area (Å²) < 4.78 is 8.06. The molecule has 2 aromatic rings. The molecule has 0 atom stereocenters. The molecule has 5 nitrogen and oxygen atoms in total. The second-order valence-corrected chi connectivity index (χ2v) is 7.90. The van der Waals surface area contributed by atoms with Crippen LogP contribution in [0.4, 0.5) is 0 Å². The van der Waals surface area contributed by atoms with Crippen LogP contribution < -0.4 is 10.1 Å². The van der Waals surface area contributed by atoms with Crippen LogP contribution in [0, 0.1) is 0 Å². The lowest BCUT2D eigenvalue weighted by atomic mass is 10.1. The Morgan fingerprint density at radius 2 is 2.12 bits per heavy atom. The fourth-order valence-electron chi connectivity index (χ4n) is 2.63. The Morgan fingerprint density at radius 3 is 2.80 bits per heavy atom. The number of rotatable bonds is 9. The van der Waals surface area contributed by atoms with Gasteiger partial charge in [-0.2, -0.15) is 0 Å². The molecule has 0 unspecified atom stereocenters. The minimum Gasteiger partial charge on any atom is -0.492 e. The maximum absolute atomic E-state index is 5.97. The van der Waals surface area contributed by atoms with Gasteiger partial charge in [-0.15, -0.1) is 11.8 Å². The Labute approximate surface area is 153 Å². The normalized spacial score (nSPS) is 14.6. The molecule has 0 aliphatic carbocycles. The van der Waals surface area contributed by atoms with Crippen molar-refractivity contribution in [2.45, 2.75) is 32.4 Å². The summed E-state index contributed by atoms with van der Waals surface area (Å²) in [6.07, 6.45) is 6.73. The number of hydrogen-bond donors (Lipinski definition) is 1. The number of ether oxygens (including phenoxy) is 1. The van der Waals surface area contributed by atoms with E-state index in [9.17, 15) is 0 Å². The average Bonchev–Trinajstić information content (AvgIpc) is 3.31. The molecule has 3 rings (SSSR count). The molecule has 1 aromatic carbocycles. The SMILES string of the molecule is CC(C)(COc1ccc(C2=NCCS2)cc1)NCCCn1ccnc1. The summed E-state index contributed by atoms with van der Waals surface area (Å²) in [6, 6.07) is 8.26. The van der Waals surface area contributed by atoms with Crippen LogP contribution in [-0.2, 0) is 6.54 Å². The monoisotopic (exact) mass is 358 g/mol. The summed E-state index contributed by atoms with van der Waals surface area (Å²) in [5.74, 6) is 1.99. The minimum atomic E-state index is -0.0704. The van der Waals surface area contributed by atoms with Crippen LogP contribution in [-0.4, -0.2) is 45.6 Å². The lowest BCUT2D eigenvalue weighted by Gasteiger charge is -2.26. The molecule has 1 aliphatic rings. The summed E-state index contributed by atoms with van der Waals surface area (Å²) in [6.45, 7) is 7.83. The van der Waals surface area contributed by atoms with Gasteiger partial charge in [0.2, 0.25) is 0 Å². The summed E-state index contributed by atoms with van der Waals surface area (Å²) in [4.78, 5) is 8.56. The molecule has 6 heteroatoms. The molecule has 134 valence electrons. The van der Waals surface area contributed by atoms with Crippen molar-refractivity contribution in [3.05, 3.63) is 48.5 Å². The molecule has 0 bridgehead atoms. The smallest absolute Gasteiger partial charge is 0.119 e. The molecule has 0 fully saturated rings. The van der Waals surface area contributed by atoms with Gasteiger partial charge in [-0.3, -0.25) is 4.99 Å². The third-order valence-electron chi connectivity index (χ3n) is 4.04. The van der Waals surface area contributed by atoms with Crippen LogP contribution in [0.1, 0.15) is 25.8 Å². The van der Waals surface area contributed by atoms with Crippen molar-refractivity contribution in [3.8, 4) is 5.75 Å². The van der Waals surface area contributed by atoms with Crippen molar-refractivity contribution in [2.75, 3.05) is 25.4 Å². The highest BCUT2D eigenvalue weighted by Gasteiger charge is 2.18. The molecule has 0 saturated heterocycles. The molecule has 2 heterocycles. The number of aryl methyl sites for hydroxylation is 1. The van der Waals surface area contributed by atoms with E-state index in [0.29, 0.717) is 6.61 Å². The standard InChI is InChI=1S/C19H26N4OS/c1-19(2,22-8-3-11-23-12-9-20-15-23)14-24-17-6-4-16(5-7-17)18-21-10-13-25-18/h4-7,9,12,15,22H,3,8,10-11,13-14H2,1-2H3. The third-order valence-corrected chi connectivity index (χ3v) is 5.07. The molecule has 0 saturated carbocycles. The van der Waals surface area contributed by atoms with Crippen molar-refractivity contribution >= 4 is 16.8 Å². The van der Waals surface area contributed by atoms with Crippen molar-refractivity contribution in [1.29, 1.82) is 0 Å². The van der Waals surface area contributed by atoms with Gasteiger partial charge in [-0.25, -0.2) is 4.98 Å². The number of hydrogen-bond acceptors (Lipinski definition) is 5. The topological polar surface area (TPSA) is 51.4 Å². The Hall–Kier alpha value is -1.79. The maximum atomic E-state index is 5.97. The van der Waals surface area contributed by atoms with Crippen LogP contribution in [0.5, 0.6) is 5.75 Å². The Balaban J connectivity index is 1.40. The summed E-state index contributed by atoms with van der Waals surface area (Å²) in [5.41, 5.74) is 1.12. The average molecular weight is 359 g/mol. The minimum absolute atomic E-state index is 0.0704. The number of nitrogens with one attached hydrogen (secondary N) is 1. The van der Waals surface area contributed by atoms with Gasteiger partial charge in [0, 0.05) is 42.3 Å². The van der Waals surface area contributed by atoms with Crippen LogP contribution in [0.2, 0.25) is 0 Å². The molecule has 0 amide bonds. The Bertz CT molecular complexity index is 680. The van der Waals surface area contributed by atoms with E-state index in [2.05, 4.69) is 45.8 Å². The highest BCUT2D eigenvalue weighted by molar-refractivity contribution is 8.14. The lowest BCUT2D eigenvalue weighted by molar-refractivity contribution is 0.207. The van der Waals surface area contributed by atoms with Crippen LogP contribution >= 0.6 is 11.8 Å². The third kappa shape index (κ3) is 5.61. The number of aromatic nitrogens is 2. The van der Waals surface area contributed by atoms with Crippen molar-refractivity contribution < 1.29 is 4.74 Å². The van der Waals surface area contributed by atoms with E-state index in [0.717, 1.165) is 42.6 Å². The zero-order chi connectivity index (χ0) is 17.5. The van der Waals surface area contributed by atoms with E-state index < -0.39 is 0 Å². The van der Waals surface area contributed by atoms with Crippen LogP contribution in [0.3, 0.4) is 0 Å². The first kappa shape index (κ1) is 18.0. The number of benzene rings is 1. The first-order valence-electron chi connectivity index (χ1n) is 8.74. The van der Waals surface area contributed by atoms with Crippen LogP contribution in [0.25, 0.3) is 0 Å². The molecule has 1 N–H and O–H groups in total. The predicted octanol–water partition coefficient (Wildman–Crippen LogP) is 3.21. The summed E-state index contributed by atoms with van der Waals surface area (Å²) in [7, 11) is 0. The Kier molecular flexibility index (Phi) is 6.15. The zero-order valence-corrected chi connectivity index (χ0v) is 15.8. The van der Waals surface area contributed by atoms with Crippen molar-refractivity contribution in [1.82, 2.24) is 14.9 Å². The first-order chi connectivity index (χ1) is 12.1. The van der Waals surface area contributed by atoms with Gasteiger partial charge in [0.1, 0.15) is 12.4 Å². The molecular weight excluding hydrogens is 332 g/mol. The summed E-state index contributed by atoms with van der Waals surface area (Å²) in [5, 5.41) is 4.71. The van der Waals surface area contributed by atoms with E-state index in [4.69, 9.17) is 4.74 Å². The quantitative estimate of drug-likeness (QED) is 0.699. The molecule has 0 spiro atoms. The highest BCUT2D eigenvalue weighted by atomic mass is 32.2. The fourth-order valence-corrected chi connectivity index (χ4v) is 3.49. The largest absolute Gasteiger partial charge is 0.492 e. The molecular formula is C19H26N4OS. The molecule has 0 radical (unpaired) electrons. The van der Waals surface area contributed by atoms with Gasteiger partial charge in [0.15, 0.2) is 0 Å².